The summed E-state index contributed by atoms with van der Waals surface area (Å²) in [6.07, 6.45) is 7.90. The van der Waals surface area contributed by atoms with Gasteiger partial charge in [0.2, 0.25) is 17.7 Å². The van der Waals surface area contributed by atoms with Gasteiger partial charge in [-0.1, -0.05) is 51.1 Å². The van der Waals surface area contributed by atoms with Crippen LogP contribution < -0.4 is 9.46 Å². The van der Waals surface area contributed by atoms with Crippen LogP contribution >= 0.6 is 0 Å². The SMILES string of the molecule is Cc1cccc(C)c1-c1cc2nc(n1)NS(=O)c1cccc(c1)CCC(C1CC3(CCCCN3C(=O)CO)C1)[C@H](CC(C)(C)C)CO2. The fourth-order valence-electron chi connectivity index (χ4n) is 8.57. The molecule has 3 aromatic rings. The van der Waals surface area contributed by atoms with Gasteiger partial charge in [0, 0.05) is 23.7 Å². The number of anilines is 1. The van der Waals surface area contributed by atoms with Gasteiger partial charge in [-0.05, 0) is 117 Å². The average molecular weight is 659 g/mol. The van der Waals surface area contributed by atoms with Crippen molar-refractivity contribution in [3.05, 3.63) is 65.2 Å². The Morgan fingerprint density at radius 2 is 1.83 bits per heavy atom. The van der Waals surface area contributed by atoms with Crippen LogP contribution in [-0.2, 0) is 22.2 Å². The van der Waals surface area contributed by atoms with Crippen LogP contribution in [0.4, 0.5) is 5.95 Å². The van der Waals surface area contributed by atoms with Crippen molar-refractivity contribution < 1.29 is 18.8 Å². The van der Waals surface area contributed by atoms with Crippen molar-refractivity contribution in [1.82, 2.24) is 14.9 Å². The molecule has 0 radical (unpaired) electrons. The second kappa shape index (κ2) is 13.7. The molecule has 8 nitrogen and oxygen atoms in total. The highest BCUT2D eigenvalue weighted by Crippen LogP contribution is 2.54. The number of benzene rings is 2. The number of likely N-dealkylation sites (tertiary alicyclic amines) is 1. The second-order valence-corrected chi connectivity index (χ2v) is 16.5. The average Bonchev–Trinajstić information content (AvgIpc) is 3.01. The summed E-state index contributed by atoms with van der Waals surface area (Å²) in [5.74, 6) is 1.67. The molecule has 3 aliphatic rings. The Balaban J connectivity index is 1.38. The third-order valence-electron chi connectivity index (χ3n) is 10.6. The van der Waals surface area contributed by atoms with Gasteiger partial charge in [-0.2, -0.15) is 4.98 Å². The number of aryl methyl sites for hydroxylation is 3. The molecule has 3 atom stereocenters. The molecule has 2 fully saturated rings. The molecular weight excluding hydrogens is 609 g/mol. The van der Waals surface area contributed by atoms with Crippen LogP contribution in [0.3, 0.4) is 0 Å². The summed E-state index contributed by atoms with van der Waals surface area (Å²) >= 11 is 0. The van der Waals surface area contributed by atoms with Crippen LogP contribution in [0.1, 0.15) is 82.4 Å². The Kier molecular flexibility index (Phi) is 9.77. The summed E-state index contributed by atoms with van der Waals surface area (Å²) in [6.45, 7) is 11.9. The lowest BCUT2D eigenvalue weighted by atomic mass is 9.56. The van der Waals surface area contributed by atoms with Crippen LogP contribution in [-0.4, -0.2) is 55.4 Å². The highest BCUT2D eigenvalue weighted by molar-refractivity contribution is 7.86. The third kappa shape index (κ3) is 7.41. The zero-order chi connectivity index (χ0) is 33.3. The predicted octanol–water partition coefficient (Wildman–Crippen LogP) is 7.04. The maximum absolute atomic E-state index is 13.6. The molecule has 252 valence electrons. The minimum absolute atomic E-state index is 0.0848. The number of nitrogens with one attached hydrogen (secondary N) is 1. The Hall–Kier alpha value is -3.30. The summed E-state index contributed by atoms with van der Waals surface area (Å²) in [6, 6.07) is 16.1. The lowest BCUT2D eigenvalue weighted by Gasteiger charge is -2.59. The molecule has 4 bridgehead atoms. The van der Waals surface area contributed by atoms with E-state index in [1.807, 2.05) is 35.2 Å². The van der Waals surface area contributed by atoms with E-state index >= 15 is 0 Å². The first kappa shape index (κ1) is 33.6. The van der Waals surface area contributed by atoms with E-state index in [-0.39, 0.29) is 28.7 Å². The predicted molar refractivity (Wildman–Crippen MR) is 186 cm³/mol. The first-order chi connectivity index (χ1) is 22.4. The first-order valence-corrected chi connectivity index (χ1v) is 18.4. The second-order valence-electron chi connectivity index (χ2n) is 15.3. The summed E-state index contributed by atoms with van der Waals surface area (Å²) < 4.78 is 23.3. The zero-order valence-electron chi connectivity index (χ0n) is 28.6. The molecule has 1 amide bonds. The summed E-state index contributed by atoms with van der Waals surface area (Å²) in [7, 11) is -1.55. The maximum Gasteiger partial charge on any atom is 0.248 e. The highest BCUT2D eigenvalue weighted by atomic mass is 32.2. The number of aliphatic hydroxyl groups excluding tert-OH is 1. The zero-order valence-corrected chi connectivity index (χ0v) is 29.4. The molecule has 1 saturated carbocycles. The van der Waals surface area contributed by atoms with E-state index in [4.69, 9.17) is 14.7 Å². The van der Waals surface area contributed by atoms with Crippen LogP contribution in [0.5, 0.6) is 5.88 Å². The van der Waals surface area contributed by atoms with Crippen LogP contribution in [0, 0.1) is 37.0 Å². The smallest absolute Gasteiger partial charge is 0.248 e. The third-order valence-corrected chi connectivity index (χ3v) is 11.7. The van der Waals surface area contributed by atoms with E-state index in [0.29, 0.717) is 29.2 Å². The number of aromatic nitrogens is 2. The van der Waals surface area contributed by atoms with E-state index in [1.54, 1.807) is 0 Å². The molecule has 2 aliphatic heterocycles. The van der Waals surface area contributed by atoms with Gasteiger partial charge >= 0.3 is 0 Å². The van der Waals surface area contributed by atoms with Gasteiger partial charge in [0.05, 0.1) is 17.2 Å². The normalized spacial score (nSPS) is 26.5. The van der Waals surface area contributed by atoms with Gasteiger partial charge < -0.3 is 14.7 Å². The molecule has 9 heteroatoms. The minimum atomic E-state index is -1.55. The number of rotatable bonds is 4. The number of piperidine rings is 1. The monoisotopic (exact) mass is 658 g/mol. The molecule has 1 spiro atoms. The Labute approximate surface area is 282 Å². The molecule has 1 aromatic heterocycles. The quantitative estimate of drug-likeness (QED) is 0.312. The summed E-state index contributed by atoms with van der Waals surface area (Å²) in [4.78, 5) is 25.1. The van der Waals surface area contributed by atoms with E-state index in [2.05, 4.69) is 57.5 Å². The highest BCUT2D eigenvalue weighted by Gasteiger charge is 2.53. The van der Waals surface area contributed by atoms with E-state index in [9.17, 15) is 14.1 Å². The van der Waals surface area contributed by atoms with E-state index < -0.39 is 17.6 Å². The Morgan fingerprint density at radius 3 is 2.55 bits per heavy atom. The van der Waals surface area contributed by atoms with Crippen molar-refractivity contribution in [2.75, 3.05) is 24.5 Å². The van der Waals surface area contributed by atoms with E-state index in [0.717, 1.165) is 85.9 Å². The molecule has 47 heavy (non-hydrogen) atoms. The van der Waals surface area contributed by atoms with Gasteiger partial charge in [0.15, 0.2) is 11.0 Å². The number of nitrogens with zero attached hydrogens (tertiary/aromatic N) is 3. The number of hydrogen-bond donors (Lipinski definition) is 2. The molecule has 2 aromatic carbocycles. The molecule has 1 aliphatic carbocycles. The first-order valence-electron chi connectivity index (χ1n) is 17.2. The molecule has 2 unspecified atom stereocenters. The largest absolute Gasteiger partial charge is 0.477 e. The molecule has 6 rings (SSSR count). The van der Waals surface area contributed by atoms with Gasteiger partial charge in [-0.3, -0.25) is 9.52 Å². The van der Waals surface area contributed by atoms with Crippen molar-refractivity contribution in [3.63, 3.8) is 0 Å². The van der Waals surface area contributed by atoms with Crippen molar-refractivity contribution >= 4 is 22.8 Å². The fraction of sp³-hybridized carbons (Fsp3) is 0.553. The molecule has 3 heterocycles. The molecule has 1 saturated heterocycles. The number of carbonyl (C=O) groups excluding carboxylic acids is 1. The van der Waals surface area contributed by atoms with Crippen molar-refractivity contribution in [2.45, 2.75) is 96.4 Å². The van der Waals surface area contributed by atoms with Crippen LogP contribution in [0.15, 0.2) is 53.4 Å². The van der Waals surface area contributed by atoms with Gasteiger partial charge in [-0.25, -0.2) is 9.19 Å². The number of ether oxygens (including phenoxy) is 1. The summed E-state index contributed by atoms with van der Waals surface area (Å²) in [5.41, 5.74) is 5.07. The van der Waals surface area contributed by atoms with Gasteiger partial charge in [0.25, 0.3) is 0 Å². The molecule has 2 N–H and O–H groups in total. The van der Waals surface area contributed by atoms with E-state index in [1.165, 1.54) is 0 Å². The fourth-order valence-corrected chi connectivity index (χ4v) is 9.40. The number of carbonyl (C=O) groups is 1. The molecular formula is C38H50N4O4S. The standard InChI is InChI=1S/C38H50N4O4S/c1-25-10-8-11-26(2)35(25)32-19-33-40-36(39-32)41-47(45)30-13-9-12-27(18-30)14-15-31(29(24-46-33)20-37(3,4)5)28-21-38(22-28)16-6-7-17-42(38)34(44)23-43/h8-13,18-19,28-29,31,43H,6-7,14-17,20-24H2,1-5H3,(H,39,40,41)/t28?,29-,31?,38?,47?/m1/s1. The van der Waals surface area contributed by atoms with Crippen molar-refractivity contribution in [1.29, 1.82) is 0 Å². The van der Waals surface area contributed by atoms with Crippen molar-refractivity contribution in [2.24, 2.45) is 23.2 Å². The Morgan fingerprint density at radius 1 is 1.09 bits per heavy atom. The minimum Gasteiger partial charge on any atom is -0.477 e. The maximum atomic E-state index is 13.6. The number of amides is 1. The summed E-state index contributed by atoms with van der Waals surface area (Å²) in [5, 5.41) is 9.76. The van der Waals surface area contributed by atoms with Crippen LogP contribution in [0.2, 0.25) is 0 Å². The lowest BCUT2D eigenvalue weighted by Crippen LogP contribution is -2.63. The Bertz CT molecular complexity index is 1610. The van der Waals surface area contributed by atoms with Gasteiger partial charge in [-0.15, -0.1) is 0 Å². The lowest BCUT2D eigenvalue weighted by molar-refractivity contribution is -0.155. The number of aliphatic hydroxyl groups is 1. The topological polar surface area (TPSA) is 105 Å². The number of fused-ring (bicyclic) bond motifs is 4. The van der Waals surface area contributed by atoms with Gasteiger partial charge in [0.1, 0.15) is 6.61 Å². The number of hydrogen-bond acceptors (Lipinski definition) is 6. The van der Waals surface area contributed by atoms with Crippen LogP contribution in [0.25, 0.3) is 11.3 Å². The van der Waals surface area contributed by atoms with Crippen molar-refractivity contribution in [3.8, 4) is 17.1 Å².